The van der Waals surface area contributed by atoms with Gasteiger partial charge in [-0.25, -0.2) is 4.79 Å². The first kappa shape index (κ1) is 37.8. The standard InChI is InChI=1S/C40H51NO7Si/c1-30(28-46-29-32-15-10-8-11-16-32)26-40(23-14-24-42)27-36(43)37(48-49(6,7)39(2,3)4)35(25-31-19-21-33(45-5)22-20-31)41(40)38(44)47-34-17-12-9-13-18-34/h8-13,15-22,24,35,37H,1,14,23,25-29H2,2-7H3/t35-,37-,40+/m0/s1. The summed E-state index contributed by atoms with van der Waals surface area (Å²) in [7, 11) is -0.905. The Morgan fingerprint density at radius 3 is 2.18 bits per heavy atom. The van der Waals surface area contributed by atoms with Crippen LogP contribution in [0.15, 0.2) is 97.1 Å². The van der Waals surface area contributed by atoms with E-state index in [0.717, 1.165) is 17.4 Å². The molecule has 3 atom stereocenters. The van der Waals surface area contributed by atoms with Crippen molar-refractivity contribution in [2.24, 2.45) is 0 Å². The van der Waals surface area contributed by atoms with Crippen molar-refractivity contribution in [3.8, 4) is 11.5 Å². The third-order valence-corrected chi connectivity index (χ3v) is 14.2. The molecule has 8 nitrogen and oxygen atoms in total. The molecule has 0 aromatic heterocycles. The smallest absolute Gasteiger partial charge is 0.416 e. The molecule has 1 aliphatic rings. The van der Waals surface area contributed by atoms with Crippen molar-refractivity contribution in [2.45, 2.75) is 95.3 Å². The number of benzene rings is 3. The van der Waals surface area contributed by atoms with Gasteiger partial charge in [-0.05, 0) is 78.4 Å². The number of carbonyl (C=O) groups is 3. The van der Waals surface area contributed by atoms with Gasteiger partial charge in [-0.2, -0.15) is 0 Å². The molecule has 0 bridgehead atoms. The number of ether oxygens (including phenoxy) is 3. The fourth-order valence-electron chi connectivity index (χ4n) is 6.20. The van der Waals surface area contributed by atoms with Gasteiger partial charge in [0.05, 0.1) is 31.9 Å². The van der Waals surface area contributed by atoms with Crippen molar-refractivity contribution in [3.05, 3.63) is 108 Å². The number of ketones is 1. The predicted octanol–water partition coefficient (Wildman–Crippen LogP) is 8.35. The SMILES string of the molecule is C=C(COCc1ccccc1)C[C@]1(CCC=O)CC(=O)[C@@H](O[Si](C)(C)C(C)(C)C)[C@H](Cc2ccc(OC)cc2)N1C(=O)Oc1ccccc1. The van der Waals surface area contributed by atoms with E-state index in [0.29, 0.717) is 30.1 Å². The molecule has 0 aliphatic carbocycles. The fraction of sp³-hybridized carbons (Fsp3) is 0.425. The van der Waals surface area contributed by atoms with Gasteiger partial charge in [0.2, 0.25) is 0 Å². The number of para-hydroxylation sites is 1. The summed E-state index contributed by atoms with van der Waals surface area (Å²) in [6.45, 7) is 15.5. The molecule has 0 spiro atoms. The van der Waals surface area contributed by atoms with E-state index in [1.807, 2.05) is 60.7 Å². The average molecular weight is 686 g/mol. The minimum atomic E-state index is -2.51. The molecule has 262 valence electrons. The van der Waals surface area contributed by atoms with E-state index in [-0.39, 0.29) is 43.1 Å². The van der Waals surface area contributed by atoms with Crippen molar-refractivity contribution < 1.29 is 33.0 Å². The second kappa shape index (κ2) is 16.6. The van der Waals surface area contributed by atoms with E-state index in [2.05, 4.69) is 40.4 Å². The molecule has 0 N–H and O–H groups in total. The Labute approximate surface area is 292 Å². The number of Topliss-reactive ketones (excluding diaryl/α,β-unsaturated/α-hetero) is 1. The monoisotopic (exact) mass is 685 g/mol. The highest BCUT2D eigenvalue weighted by Crippen LogP contribution is 2.45. The van der Waals surface area contributed by atoms with Crippen molar-refractivity contribution in [1.29, 1.82) is 0 Å². The molecule has 0 unspecified atom stereocenters. The molecule has 1 heterocycles. The predicted molar refractivity (Wildman–Crippen MR) is 194 cm³/mol. The highest BCUT2D eigenvalue weighted by molar-refractivity contribution is 6.74. The molecule has 0 saturated carbocycles. The number of aldehydes is 1. The van der Waals surface area contributed by atoms with Crippen LogP contribution in [0.25, 0.3) is 0 Å². The Kier molecular flexibility index (Phi) is 12.8. The van der Waals surface area contributed by atoms with Crippen LogP contribution in [0.5, 0.6) is 11.5 Å². The summed E-state index contributed by atoms with van der Waals surface area (Å²) in [5, 5.41) is -0.191. The molecule has 1 aliphatic heterocycles. The van der Waals surface area contributed by atoms with Crippen LogP contribution in [0.3, 0.4) is 0 Å². The van der Waals surface area contributed by atoms with E-state index in [9.17, 15) is 14.4 Å². The van der Waals surface area contributed by atoms with Gasteiger partial charge in [-0.15, -0.1) is 0 Å². The zero-order valence-electron chi connectivity index (χ0n) is 29.8. The molecule has 4 rings (SSSR count). The first-order valence-electron chi connectivity index (χ1n) is 16.9. The number of rotatable bonds is 15. The fourth-order valence-corrected chi connectivity index (χ4v) is 7.47. The maximum absolute atomic E-state index is 14.6. The van der Waals surface area contributed by atoms with Crippen LogP contribution in [0.1, 0.15) is 57.6 Å². The van der Waals surface area contributed by atoms with Crippen molar-refractivity contribution in [1.82, 2.24) is 4.90 Å². The highest BCUT2D eigenvalue weighted by Gasteiger charge is 2.56. The van der Waals surface area contributed by atoms with Crippen LogP contribution in [0.4, 0.5) is 4.79 Å². The molecule has 0 radical (unpaired) electrons. The van der Waals surface area contributed by atoms with E-state index in [4.69, 9.17) is 18.6 Å². The zero-order chi connectivity index (χ0) is 35.7. The number of nitrogens with zero attached hydrogens (tertiary/aromatic N) is 1. The van der Waals surface area contributed by atoms with Crippen LogP contribution in [-0.4, -0.2) is 62.8 Å². The van der Waals surface area contributed by atoms with Gasteiger partial charge in [0.15, 0.2) is 14.1 Å². The Balaban J connectivity index is 1.80. The Bertz CT molecular complexity index is 1550. The molecule has 3 aromatic carbocycles. The second-order valence-electron chi connectivity index (χ2n) is 14.4. The molecular formula is C40H51NO7Si. The first-order valence-corrected chi connectivity index (χ1v) is 19.8. The maximum Gasteiger partial charge on any atom is 0.416 e. The highest BCUT2D eigenvalue weighted by atomic mass is 28.4. The van der Waals surface area contributed by atoms with Crippen LogP contribution in [0, 0.1) is 0 Å². The maximum atomic E-state index is 14.6. The first-order chi connectivity index (χ1) is 23.3. The van der Waals surface area contributed by atoms with E-state index >= 15 is 0 Å². The van der Waals surface area contributed by atoms with Crippen LogP contribution in [-0.2, 0) is 31.8 Å². The number of amides is 1. The topological polar surface area (TPSA) is 91.4 Å². The van der Waals surface area contributed by atoms with E-state index in [1.54, 1.807) is 36.3 Å². The number of hydrogen-bond acceptors (Lipinski definition) is 7. The Morgan fingerprint density at radius 2 is 1.59 bits per heavy atom. The Morgan fingerprint density at radius 1 is 0.959 bits per heavy atom. The van der Waals surface area contributed by atoms with Crippen LogP contribution >= 0.6 is 0 Å². The summed E-state index contributed by atoms with van der Waals surface area (Å²) in [5.41, 5.74) is 1.52. The number of hydrogen-bond donors (Lipinski definition) is 0. The van der Waals surface area contributed by atoms with Gasteiger partial charge >= 0.3 is 6.09 Å². The lowest BCUT2D eigenvalue weighted by Crippen LogP contribution is -2.69. The lowest BCUT2D eigenvalue weighted by molar-refractivity contribution is -0.142. The van der Waals surface area contributed by atoms with Gasteiger partial charge in [-0.1, -0.05) is 88.0 Å². The van der Waals surface area contributed by atoms with Crippen molar-refractivity contribution >= 4 is 26.5 Å². The van der Waals surface area contributed by atoms with Crippen LogP contribution in [0.2, 0.25) is 18.1 Å². The molecular weight excluding hydrogens is 635 g/mol. The molecule has 9 heteroatoms. The number of likely N-dealkylation sites (tertiary alicyclic amines) is 1. The summed E-state index contributed by atoms with van der Waals surface area (Å²) in [6.07, 6.45) is 0.261. The number of methoxy groups -OCH3 is 1. The minimum absolute atomic E-state index is 0.0131. The lowest BCUT2D eigenvalue weighted by Gasteiger charge is -2.54. The minimum Gasteiger partial charge on any atom is -0.497 e. The van der Waals surface area contributed by atoms with E-state index < -0.39 is 32.1 Å². The Hall–Kier alpha value is -4.05. The zero-order valence-corrected chi connectivity index (χ0v) is 30.8. The summed E-state index contributed by atoms with van der Waals surface area (Å²) >= 11 is 0. The largest absolute Gasteiger partial charge is 0.497 e. The normalized spacial score (nSPS) is 19.7. The van der Waals surface area contributed by atoms with Gasteiger partial charge in [0.25, 0.3) is 0 Å². The van der Waals surface area contributed by atoms with Crippen molar-refractivity contribution in [2.75, 3.05) is 13.7 Å². The van der Waals surface area contributed by atoms with Gasteiger partial charge < -0.3 is 23.4 Å². The van der Waals surface area contributed by atoms with Crippen LogP contribution < -0.4 is 9.47 Å². The summed E-state index contributed by atoms with van der Waals surface area (Å²) in [6, 6.07) is 25.6. The molecule has 1 fully saturated rings. The quantitative estimate of drug-likeness (QED) is 0.0902. The lowest BCUT2D eigenvalue weighted by atomic mass is 9.73. The molecule has 49 heavy (non-hydrogen) atoms. The molecule has 1 saturated heterocycles. The number of carbonyl (C=O) groups excluding carboxylic acids is 3. The average Bonchev–Trinajstić information content (AvgIpc) is 3.06. The summed E-state index contributed by atoms with van der Waals surface area (Å²) in [5.74, 6) is 0.977. The summed E-state index contributed by atoms with van der Waals surface area (Å²) in [4.78, 5) is 42.8. The van der Waals surface area contributed by atoms with Crippen molar-refractivity contribution in [3.63, 3.8) is 0 Å². The molecule has 1 amide bonds. The van der Waals surface area contributed by atoms with Gasteiger partial charge in [0.1, 0.15) is 23.9 Å². The van der Waals surface area contributed by atoms with Gasteiger partial charge in [-0.3, -0.25) is 9.69 Å². The summed E-state index contributed by atoms with van der Waals surface area (Å²) < 4.78 is 24.4. The van der Waals surface area contributed by atoms with E-state index in [1.165, 1.54) is 0 Å². The second-order valence-corrected chi connectivity index (χ2v) is 19.2. The third kappa shape index (κ3) is 9.77. The molecule has 3 aromatic rings. The number of piperidine rings is 1. The van der Waals surface area contributed by atoms with Gasteiger partial charge in [0, 0.05) is 12.8 Å². The third-order valence-electron chi connectivity index (χ3n) is 9.71.